The second-order valence-electron chi connectivity index (χ2n) is 5.48. The zero-order chi connectivity index (χ0) is 14.0. The summed E-state index contributed by atoms with van der Waals surface area (Å²) in [6.45, 7) is 8.19. The normalized spacial score (nSPS) is 11.6. The number of rotatable bonds is 3. The molecule has 102 valence electrons. The quantitative estimate of drug-likeness (QED) is 0.891. The van der Waals surface area contributed by atoms with E-state index in [4.69, 9.17) is 4.42 Å². The van der Waals surface area contributed by atoms with Crippen molar-refractivity contribution >= 4 is 11.7 Å². The van der Waals surface area contributed by atoms with Gasteiger partial charge in [-0.25, -0.2) is 0 Å². The molecule has 0 saturated carbocycles. The topological polar surface area (TPSA) is 70.9 Å². The second-order valence-corrected chi connectivity index (χ2v) is 5.48. The van der Waals surface area contributed by atoms with Gasteiger partial charge in [0.1, 0.15) is 5.76 Å². The molecule has 2 heterocycles. The number of carbonyl (C=O) groups is 1. The molecule has 1 amide bonds. The van der Waals surface area contributed by atoms with Crippen molar-refractivity contribution in [2.75, 3.05) is 5.32 Å². The molecular formula is C14H19N3O2. The first-order valence-corrected chi connectivity index (χ1v) is 6.35. The van der Waals surface area contributed by atoms with Crippen LogP contribution in [0.5, 0.6) is 0 Å². The number of anilines is 1. The minimum Gasteiger partial charge on any atom is -0.469 e. The number of aromatic amines is 1. The Morgan fingerprint density at radius 1 is 1.47 bits per heavy atom. The molecule has 0 aromatic carbocycles. The van der Waals surface area contributed by atoms with Crippen LogP contribution in [0.1, 0.15) is 49.5 Å². The zero-order valence-electron chi connectivity index (χ0n) is 11.7. The molecule has 5 heteroatoms. The summed E-state index contributed by atoms with van der Waals surface area (Å²) in [5.74, 6) is 1.01. The van der Waals surface area contributed by atoms with Gasteiger partial charge in [-0.1, -0.05) is 27.7 Å². The number of furan rings is 1. The van der Waals surface area contributed by atoms with Gasteiger partial charge in [0.05, 0.1) is 11.8 Å². The zero-order valence-corrected chi connectivity index (χ0v) is 11.7. The minimum absolute atomic E-state index is 0.0276. The highest BCUT2D eigenvalue weighted by molar-refractivity contribution is 6.04. The number of hydrogen-bond acceptors (Lipinski definition) is 3. The Morgan fingerprint density at radius 2 is 2.21 bits per heavy atom. The van der Waals surface area contributed by atoms with E-state index in [1.807, 2.05) is 13.0 Å². The van der Waals surface area contributed by atoms with Gasteiger partial charge < -0.3 is 9.73 Å². The van der Waals surface area contributed by atoms with E-state index in [1.54, 1.807) is 6.07 Å². The molecule has 0 unspecified atom stereocenters. The molecule has 0 aliphatic carbocycles. The van der Waals surface area contributed by atoms with Gasteiger partial charge in [0.25, 0.3) is 5.91 Å². The average molecular weight is 261 g/mol. The maximum atomic E-state index is 12.1. The van der Waals surface area contributed by atoms with Crippen LogP contribution in [0.4, 0.5) is 5.82 Å². The standard InChI is InChI=1S/C14H19N3O2/c1-5-10-9(6-7-19-10)13(18)15-12-8-11(16-17-12)14(2,3)4/h6-8H,5H2,1-4H3,(H2,15,16,17,18). The molecule has 2 N–H and O–H groups in total. The van der Waals surface area contributed by atoms with Gasteiger partial charge in [-0.15, -0.1) is 0 Å². The highest BCUT2D eigenvalue weighted by Crippen LogP contribution is 2.22. The van der Waals surface area contributed by atoms with Crippen LogP contribution in [0.15, 0.2) is 22.8 Å². The summed E-state index contributed by atoms with van der Waals surface area (Å²) in [5, 5.41) is 9.81. The fourth-order valence-corrected chi connectivity index (χ4v) is 1.77. The number of amides is 1. The molecule has 2 aromatic rings. The van der Waals surface area contributed by atoms with E-state index in [0.29, 0.717) is 23.6 Å². The third-order valence-electron chi connectivity index (χ3n) is 2.94. The number of nitrogens with one attached hydrogen (secondary N) is 2. The summed E-state index contributed by atoms with van der Waals surface area (Å²) in [4.78, 5) is 12.1. The summed E-state index contributed by atoms with van der Waals surface area (Å²) in [6, 6.07) is 3.52. The Bertz CT molecular complexity index is 576. The number of nitrogens with zero attached hydrogens (tertiary/aromatic N) is 1. The van der Waals surface area contributed by atoms with Crippen LogP contribution in [0.3, 0.4) is 0 Å². The van der Waals surface area contributed by atoms with E-state index in [2.05, 4.69) is 36.3 Å². The van der Waals surface area contributed by atoms with Crippen LogP contribution < -0.4 is 5.32 Å². The Balaban J connectivity index is 2.14. The third-order valence-corrected chi connectivity index (χ3v) is 2.94. The summed E-state index contributed by atoms with van der Waals surface area (Å²) >= 11 is 0. The Labute approximate surface area is 112 Å². The lowest BCUT2D eigenvalue weighted by Crippen LogP contribution is -2.13. The Morgan fingerprint density at radius 3 is 2.79 bits per heavy atom. The van der Waals surface area contributed by atoms with Crippen LogP contribution in [-0.2, 0) is 11.8 Å². The van der Waals surface area contributed by atoms with Gasteiger partial charge in [-0.05, 0) is 6.07 Å². The first-order chi connectivity index (χ1) is 8.91. The predicted octanol–water partition coefficient (Wildman–Crippen LogP) is 3.11. The molecule has 0 radical (unpaired) electrons. The molecule has 19 heavy (non-hydrogen) atoms. The number of aromatic nitrogens is 2. The molecule has 2 rings (SSSR count). The minimum atomic E-state index is -0.197. The number of hydrogen-bond donors (Lipinski definition) is 2. The van der Waals surface area contributed by atoms with Crippen LogP contribution >= 0.6 is 0 Å². The van der Waals surface area contributed by atoms with E-state index in [9.17, 15) is 4.79 Å². The predicted molar refractivity (Wildman–Crippen MR) is 73.3 cm³/mol. The maximum absolute atomic E-state index is 12.1. The van der Waals surface area contributed by atoms with Gasteiger partial charge in [-0.3, -0.25) is 9.89 Å². The summed E-state index contributed by atoms with van der Waals surface area (Å²) in [5.41, 5.74) is 1.51. The Hall–Kier alpha value is -2.04. The Kier molecular flexibility index (Phi) is 3.46. The highest BCUT2D eigenvalue weighted by Gasteiger charge is 2.19. The lowest BCUT2D eigenvalue weighted by atomic mass is 9.92. The molecule has 0 aliphatic rings. The van der Waals surface area contributed by atoms with E-state index in [0.717, 1.165) is 5.69 Å². The SMILES string of the molecule is CCc1occc1C(=O)Nc1cc(C(C)(C)C)[nH]n1. The molecule has 5 nitrogen and oxygen atoms in total. The average Bonchev–Trinajstić information content (AvgIpc) is 2.95. The first-order valence-electron chi connectivity index (χ1n) is 6.35. The van der Waals surface area contributed by atoms with Crippen molar-refractivity contribution in [2.45, 2.75) is 39.5 Å². The summed E-state index contributed by atoms with van der Waals surface area (Å²) < 4.78 is 5.24. The number of carbonyl (C=O) groups excluding carboxylic acids is 1. The van der Waals surface area contributed by atoms with Gasteiger partial charge in [0.15, 0.2) is 5.82 Å². The molecule has 0 fully saturated rings. The molecule has 2 aromatic heterocycles. The monoisotopic (exact) mass is 261 g/mol. The van der Waals surface area contributed by atoms with Crippen molar-refractivity contribution in [1.82, 2.24) is 10.2 Å². The smallest absolute Gasteiger partial charge is 0.260 e. The van der Waals surface area contributed by atoms with E-state index < -0.39 is 0 Å². The molecular weight excluding hydrogens is 242 g/mol. The van der Waals surface area contributed by atoms with Gasteiger partial charge in [0, 0.05) is 23.6 Å². The van der Waals surface area contributed by atoms with Crippen molar-refractivity contribution in [3.63, 3.8) is 0 Å². The molecule has 0 bridgehead atoms. The number of aryl methyl sites for hydroxylation is 1. The molecule has 0 spiro atoms. The second kappa shape index (κ2) is 4.91. The lowest BCUT2D eigenvalue weighted by molar-refractivity contribution is 0.102. The lowest BCUT2D eigenvalue weighted by Gasteiger charge is -2.14. The number of H-pyrrole nitrogens is 1. The third kappa shape index (κ3) is 2.86. The van der Waals surface area contributed by atoms with Crippen LogP contribution in [0, 0.1) is 0 Å². The molecule has 0 saturated heterocycles. The molecule has 0 atom stereocenters. The van der Waals surface area contributed by atoms with Crippen LogP contribution in [0.2, 0.25) is 0 Å². The van der Waals surface area contributed by atoms with Crippen molar-refractivity contribution in [1.29, 1.82) is 0 Å². The summed E-state index contributed by atoms with van der Waals surface area (Å²) in [7, 11) is 0. The maximum Gasteiger partial charge on any atom is 0.260 e. The van der Waals surface area contributed by atoms with Gasteiger partial charge in [-0.2, -0.15) is 5.10 Å². The van der Waals surface area contributed by atoms with E-state index in [-0.39, 0.29) is 11.3 Å². The van der Waals surface area contributed by atoms with Crippen molar-refractivity contribution < 1.29 is 9.21 Å². The van der Waals surface area contributed by atoms with E-state index in [1.165, 1.54) is 6.26 Å². The molecule has 0 aliphatic heterocycles. The van der Waals surface area contributed by atoms with Crippen molar-refractivity contribution in [2.24, 2.45) is 0 Å². The van der Waals surface area contributed by atoms with Gasteiger partial charge in [0.2, 0.25) is 0 Å². The largest absolute Gasteiger partial charge is 0.469 e. The van der Waals surface area contributed by atoms with Crippen molar-refractivity contribution in [3.8, 4) is 0 Å². The summed E-state index contributed by atoms with van der Waals surface area (Å²) in [6.07, 6.45) is 2.21. The highest BCUT2D eigenvalue weighted by atomic mass is 16.3. The fourth-order valence-electron chi connectivity index (χ4n) is 1.77. The van der Waals surface area contributed by atoms with E-state index >= 15 is 0 Å². The van der Waals surface area contributed by atoms with Crippen molar-refractivity contribution in [3.05, 3.63) is 35.4 Å². The first kappa shape index (κ1) is 13.4. The van der Waals surface area contributed by atoms with Crippen LogP contribution in [-0.4, -0.2) is 16.1 Å². The fraction of sp³-hybridized carbons (Fsp3) is 0.429. The van der Waals surface area contributed by atoms with Crippen LogP contribution in [0.25, 0.3) is 0 Å². The van der Waals surface area contributed by atoms with Gasteiger partial charge >= 0.3 is 0 Å².